The third-order valence-corrected chi connectivity index (χ3v) is 6.97. The monoisotopic (exact) mass is 523 g/mol. The molecule has 1 aliphatic rings. The molecule has 1 aromatic carbocycles. The average Bonchev–Trinajstić information content (AvgIpc) is 3.38. The second-order valence-electron chi connectivity index (χ2n) is 8.77. The second kappa shape index (κ2) is 11.0. The summed E-state index contributed by atoms with van der Waals surface area (Å²) in [6.45, 7) is 4.39. The fourth-order valence-electron chi connectivity index (χ4n) is 4.90. The van der Waals surface area contributed by atoms with Gasteiger partial charge in [-0.3, -0.25) is 19.9 Å². The zero-order valence-electron chi connectivity index (χ0n) is 21.1. The Morgan fingerprint density at radius 1 is 1.22 bits per heavy atom. The first-order chi connectivity index (χ1) is 17.8. The molecule has 1 aliphatic heterocycles. The van der Waals surface area contributed by atoms with Crippen LogP contribution in [-0.4, -0.2) is 51.2 Å². The summed E-state index contributed by atoms with van der Waals surface area (Å²) in [5, 5.41) is 15.9. The number of nitrogens with one attached hydrogen (secondary N) is 1. The van der Waals surface area contributed by atoms with Gasteiger partial charge in [0.05, 0.1) is 43.0 Å². The molecule has 10 nitrogen and oxygen atoms in total. The summed E-state index contributed by atoms with van der Waals surface area (Å²) in [4.78, 5) is 29.9. The molecule has 37 heavy (non-hydrogen) atoms. The minimum atomic E-state index is -0.404. The van der Waals surface area contributed by atoms with Gasteiger partial charge in [-0.2, -0.15) is 0 Å². The summed E-state index contributed by atoms with van der Waals surface area (Å²) >= 11 is 5.72. The number of esters is 1. The molecule has 1 fully saturated rings. The zero-order valence-corrected chi connectivity index (χ0v) is 21.9. The van der Waals surface area contributed by atoms with Gasteiger partial charge in [-0.05, 0) is 68.4 Å². The van der Waals surface area contributed by atoms with E-state index < -0.39 is 4.92 Å². The van der Waals surface area contributed by atoms with Crippen LogP contribution < -0.4 is 10.1 Å². The van der Waals surface area contributed by atoms with Gasteiger partial charge in [-0.1, -0.05) is 6.07 Å². The molecule has 0 unspecified atom stereocenters. The highest BCUT2D eigenvalue weighted by Crippen LogP contribution is 2.42. The molecule has 0 amide bonds. The van der Waals surface area contributed by atoms with Crippen LogP contribution in [0.2, 0.25) is 0 Å². The molecular formula is C26H29N5O5S. The van der Waals surface area contributed by atoms with Crippen molar-refractivity contribution in [2.24, 2.45) is 0 Å². The number of pyridine rings is 1. The summed E-state index contributed by atoms with van der Waals surface area (Å²) in [6, 6.07) is 12.1. The van der Waals surface area contributed by atoms with Gasteiger partial charge < -0.3 is 24.3 Å². The lowest BCUT2D eigenvalue weighted by Crippen LogP contribution is -2.31. The molecule has 194 valence electrons. The predicted octanol–water partition coefficient (Wildman–Crippen LogP) is 4.33. The highest BCUT2D eigenvalue weighted by molar-refractivity contribution is 7.80. The lowest BCUT2D eigenvalue weighted by molar-refractivity contribution is -0.384. The van der Waals surface area contributed by atoms with Crippen molar-refractivity contribution in [3.63, 3.8) is 0 Å². The van der Waals surface area contributed by atoms with Crippen molar-refractivity contribution >= 4 is 29.0 Å². The number of carbonyl (C=O) groups excluding carboxylic acids is 1. The van der Waals surface area contributed by atoms with Crippen LogP contribution in [0.15, 0.2) is 48.7 Å². The van der Waals surface area contributed by atoms with E-state index in [1.807, 2.05) is 42.7 Å². The van der Waals surface area contributed by atoms with Crippen molar-refractivity contribution < 1.29 is 19.2 Å². The number of rotatable bonds is 9. The van der Waals surface area contributed by atoms with Gasteiger partial charge in [0.2, 0.25) is 0 Å². The van der Waals surface area contributed by atoms with Gasteiger partial charge in [-0.15, -0.1) is 0 Å². The fourth-order valence-corrected chi connectivity index (χ4v) is 5.24. The number of nitro groups is 1. The highest BCUT2D eigenvalue weighted by Gasteiger charge is 2.41. The molecule has 1 saturated heterocycles. The number of aryl methyl sites for hydroxylation is 1. The third kappa shape index (κ3) is 5.12. The van der Waals surface area contributed by atoms with Crippen molar-refractivity contribution in [3.05, 3.63) is 81.4 Å². The number of nitro benzene ring substituents is 1. The predicted molar refractivity (Wildman–Crippen MR) is 142 cm³/mol. The van der Waals surface area contributed by atoms with Crippen LogP contribution in [0.25, 0.3) is 5.69 Å². The van der Waals surface area contributed by atoms with E-state index in [9.17, 15) is 14.9 Å². The minimum absolute atomic E-state index is 0.0519. The smallest absolute Gasteiger partial charge is 0.305 e. The molecule has 2 atom stereocenters. The number of thiocarbonyl (C=S) groups is 1. The van der Waals surface area contributed by atoms with Gasteiger partial charge >= 0.3 is 5.97 Å². The third-order valence-electron chi connectivity index (χ3n) is 6.61. The van der Waals surface area contributed by atoms with E-state index in [0.29, 0.717) is 29.5 Å². The number of hydrogen-bond donors (Lipinski definition) is 1. The lowest BCUT2D eigenvalue weighted by Gasteiger charge is -2.28. The van der Waals surface area contributed by atoms with Crippen LogP contribution in [0.4, 0.5) is 5.69 Å². The molecule has 0 radical (unpaired) electrons. The standard InChI is InChI=1S/C26H29N5O5S/c1-16-14-19(17(2)30(16)21-11-10-18(35-3)15-22(21)31(33)34)25-24(20-8-5-6-12-27-20)28-26(37)29(25)13-7-9-23(32)36-4/h5-6,8,10-12,14-15,24-25H,7,9,13H2,1-4H3,(H,28,37)/t24-,25-/m1/s1. The van der Waals surface area contributed by atoms with Crippen LogP contribution in [0.5, 0.6) is 5.75 Å². The minimum Gasteiger partial charge on any atom is -0.496 e. The number of hydrogen-bond acceptors (Lipinski definition) is 7. The zero-order chi connectivity index (χ0) is 26.7. The van der Waals surface area contributed by atoms with Crippen molar-refractivity contribution in [1.82, 2.24) is 19.8 Å². The van der Waals surface area contributed by atoms with E-state index in [-0.39, 0.29) is 30.2 Å². The largest absolute Gasteiger partial charge is 0.496 e. The number of nitrogens with zero attached hydrogens (tertiary/aromatic N) is 4. The molecule has 0 aliphatic carbocycles. The first kappa shape index (κ1) is 26.1. The molecule has 11 heteroatoms. The van der Waals surface area contributed by atoms with Gasteiger partial charge in [0.25, 0.3) is 5.69 Å². The Balaban J connectivity index is 1.80. The number of aromatic nitrogens is 2. The molecule has 0 bridgehead atoms. The first-order valence-electron chi connectivity index (χ1n) is 11.8. The average molecular weight is 524 g/mol. The van der Waals surface area contributed by atoms with Crippen molar-refractivity contribution in [2.45, 2.75) is 38.8 Å². The lowest BCUT2D eigenvalue weighted by atomic mass is 9.96. The van der Waals surface area contributed by atoms with Gasteiger partial charge in [0.15, 0.2) is 5.11 Å². The molecule has 0 spiro atoms. The molecule has 4 rings (SSSR count). The molecule has 3 aromatic rings. The van der Waals surface area contributed by atoms with E-state index in [4.69, 9.17) is 21.7 Å². The van der Waals surface area contributed by atoms with E-state index in [1.54, 1.807) is 18.3 Å². The molecule has 0 saturated carbocycles. The van der Waals surface area contributed by atoms with Gasteiger partial charge in [0.1, 0.15) is 11.4 Å². The van der Waals surface area contributed by atoms with Crippen LogP contribution in [0, 0.1) is 24.0 Å². The summed E-state index contributed by atoms with van der Waals surface area (Å²) in [5.74, 6) is 0.136. The SMILES string of the molecule is COC(=O)CCCN1C(=S)N[C@H](c2ccccn2)[C@H]1c1cc(C)n(-c2ccc(OC)cc2[N+](=O)[O-])c1C. The highest BCUT2D eigenvalue weighted by atomic mass is 32.1. The van der Waals surface area contributed by atoms with E-state index >= 15 is 0 Å². The maximum absolute atomic E-state index is 11.9. The number of ether oxygens (including phenoxy) is 2. The summed E-state index contributed by atoms with van der Waals surface area (Å²) in [5.41, 5.74) is 3.87. The maximum atomic E-state index is 11.9. The maximum Gasteiger partial charge on any atom is 0.305 e. The molecule has 3 heterocycles. The van der Waals surface area contributed by atoms with E-state index in [2.05, 4.69) is 15.2 Å². The normalized spacial score (nSPS) is 17.0. The van der Waals surface area contributed by atoms with Crippen LogP contribution >= 0.6 is 12.2 Å². The van der Waals surface area contributed by atoms with Gasteiger partial charge in [0, 0.05) is 30.6 Å². The summed E-state index contributed by atoms with van der Waals surface area (Å²) in [7, 11) is 2.85. The van der Waals surface area contributed by atoms with Crippen LogP contribution in [0.3, 0.4) is 0 Å². The Bertz CT molecular complexity index is 1330. The second-order valence-corrected chi connectivity index (χ2v) is 9.16. The van der Waals surface area contributed by atoms with Crippen molar-refractivity contribution in [1.29, 1.82) is 0 Å². The van der Waals surface area contributed by atoms with Crippen molar-refractivity contribution in [3.8, 4) is 11.4 Å². The Morgan fingerprint density at radius 2 is 2.00 bits per heavy atom. The number of methoxy groups -OCH3 is 2. The Morgan fingerprint density at radius 3 is 2.65 bits per heavy atom. The Kier molecular flexibility index (Phi) is 7.72. The first-order valence-corrected chi connectivity index (χ1v) is 12.2. The molecule has 2 aromatic heterocycles. The number of benzene rings is 1. The molecule has 1 N–H and O–H groups in total. The van der Waals surface area contributed by atoms with Crippen molar-refractivity contribution in [2.75, 3.05) is 20.8 Å². The number of carbonyl (C=O) groups is 1. The molecular weight excluding hydrogens is 494 g/mol. The Hall–Kier alpha value is -3.99. The van der Waals surface area contributed by atoms with Crippen LogP contribution in [0.1, 0.15) is 47.6 Å². The quantitative estimate of drug-likeness (QED) is 0.190. The topological polar surface area (TPSA) is 112 Å². The summed E-state index contributed by atoms with van der Waals surface area (Å²) in [6.07, 6.45) is 2.57. The fraction of sp³-hybridized carbons (Fsp3) is 0.346. The van der Waals surface area contributed by atoms with Crippen LogP contribution in [-0.2, 0) is 9.53 Å². The van der Waals surface area contributed by atoms with E-state index in [0.717, 1.165) is 22.6 Å². The summed E-state index contributed by atoms with van der Waals surface area (Å²) < 4.78 is 11.9. The Labute approximate surface area is 220 Å². The van der Waals surface area contributed by atoms with E-state index in [1.165, 1.54) is 20.3 Å². The van der Waals surface area contributed by atoms with Gasteiger partial charge in [-0.25, -0.2) is 0 Å².